The van der Waals surface area contributed by atoms with Gasteiger partial charge in [0.25, 0.3) is 0 Å². The van der Waals surface area contributed by atoms with Crippen molar-refractivity contribution in [2.45, 2.75) is 70.7 Å². The Morgan fingerprint density at radius 3 is 2.69 bits per heavy atom. The first-order valence-corrected chi connectivity index (χ1v) is 5.75. The highest BCUT2D eigenvalue weighted by atomic mass is 16.6. The zero-order chi connectivity index (χ0) is 12.3. The van der Waals surface area contributed by atoms with Crippen molar-refractivity contribution in [1.82, 2.24) is 0 Å². The molecule has 0 spiro atoms. The molecule has 0 saturated carbocycles. The van der Waals surface area contributed by atoms with Gasteiger partial charge < -0.3 is 14.6 Å². The molecule has 1 unspecified atom stereocenters. The van der Waals surface area contributed by atoms with E-state index in [9.17, 15) is 10.0 Å². The van der Waals surface area contributed by atoms with Crippen molar-refractivity contribution in [1.29, 1.82) is 0 Å². The minimum Gasteiger partial charge on any atom is -0.370 e. The monoisotopic (exact) mass is 231 g/mol. The van der Waals surface area contributed by atoms with E-state index in [1.54, 1.807) is 13.8 Å². The summed E-state index contributed by atoms with van der Waals surface area (Å²) in [6.07, 6.45) is 0.781. The summed E-state index contributed by atoms with van der Waals surface area (Å²) in [5.41, 5.74) is 0. The van der Waals surface area contributed by atoms with Gasteiger partial charge in [0.05, 0.1) is 18.3 Å². The first-order chi connectivity index (χ1) is 7.37. The molecule has 0 aliphatic carbocycles. The molecule has 1 heterocycles. The van der Waals surface area contributed by atoms with E-state index in [2.05, 4.69) is 5.18 Å². The van der Waals surface area contributed by atoms with Crippen molar-refractivity contribution in [3.05, 3.63) is 4.91 Å². The Balaban J connectivity index is 2.56. The van der Waals surface area contributed by atoms with Crippen LogP contribution in [0.5, 0.6) is 0 Å². The van der Waals surface area contributed by atoms with Crippen LogP contribution >= 0.6 is 0 Å². The lowest BCUT2D eigenvalue weighted by Crippen LogP contribution is -2.33. The van der Waals surface area contributed by atoms with Gasteiger partial charge in [-0.15, -0.1) is 0 Å². The third-order valence-corrected chi connectivity index (χ3v) is 2.80. The van der Waals surface area contributed by atoms with Crippen LogP contribution < -0.4 is 0 Å². The van der Waals surface area contributed by atoms with Crippen LogP contribution in [0.2, 0.25) is 0 Å². The number of hydrogen-bond donors (Lipinski definition) is 1. The van der Waals surface area contributed by atoms with Crippen molar-refractivity contribution in [2.75, 3.05) is 0 Å². The molecule has 16 heavy (non-hydrogen) atoms. The van der Waals surface area contributed by atoms with Crippen LogP contribution in [0.4, 0.5) is 0 Å². The van der Waals surface area contributed by atoms with Gasteiger partial charge in [-0.3, -0.25) is 0 Å². The minimum absolute atomic E-state index is 0.118. The van der Waals surface area contributed by atoms with Crippen molar-refractivity contribution >= 4 is 0 Å². The molecule has 1 aliphatic heterocycles. The third-order valence-electron chi connectivity index (χ3n) is 2.80. The zero-order valence-corrected chi connectivity index (χ0v) is 10.3. The molecule has 0 radical (unpaired) electrons. The minimum atomic E-state index is -1.17. The molecule has 94 valence electrons. The van der Waals surface area contributed by atoms with E-state index in [0.29, 0.717) is 12.8 Å². The van der Waals surface area contributed by atoms with E-state index in [4.69, 9.17) is 9.47 Å². The van der Waals surface area contributed by atoms with Gasteiger partial charge >= 0.3 is 0 Å². The highest BCUT2D eigenvalue weighted by molar-refractivity contribution is 4.88. The molecule has 1 aliphatic rings. The van der Waals surface area contributed by atoms with Crippen molar-refractivity contribution in [3.8, 4) is 0 Å². The van der Waals surface area contributed by atoms with Crippen molar-refractivity contribution in [3.63, 3.8) is 0 Å². The molecule has 5 nitrogen and oxygen atoms in total. The molecule has 5 heteroatoms. The largest absolute Gasteiger partial charge is 0.370 e. The average Bonchev–Trinajstić information content (AvgIpc) is 2.47. The molecule has 0 aromatic carbocycles. The SMILES string of the molecule is CCC(N=O)[C@@H]1C[C@@H](OC(C)(C)O)[C@@H](C)O1. The molecule has 1 rings (SSSR count). The van der Waals surface area contributed by atoms with Crippen LogP contribution in [-0.4, -0.2) is 35.2 Å². The number of rotatable bonds is 5. The van der Waals surface area contributed by atoms with Crippen molar-refractivity contribution < 1.29 is 14.6 Å². The van der Waals surface area contributed by atoms with Gasteiger partial charge in [0, 0.05) is 6.42 Å². The second-order valence-electron chi connectivity index (χ2n) is 4.80. The summed E-state index contributed by atoms with van der Waals surface area (Å²) in [6.45, 7) is 6.96. The summed E-state index contributed by atoms with van der Waals surface area (Å²) >= 11 is 0. The Kier molecular flexibility index (Phi) is 4.41. The molecule has 4 atom stereocenters. The summed E-state index contributed by atoms with van der Waals surface area (Å²) in [4.78, 5) is 10.6. The van der Waals surface area contributed by atoms with Gasteiger partial charge in [0.2, 0.25) is 0 Å². The van der Waals surface area contributed by atoms with Crippen LogP contribution in [0.25, 0.3) is 0 Å². The van der Waals surface area contributed by atoms with Crippen LogP contribution in [-0.2, 0) is 9.47 Å². The summed E-state index contributed by atoms with van der Waals surface area (Å²) in [5.74, 6) is -1.17. The van der Waals surface area contributed by atoms with E-state index < -0.39 is 5.79 Å². The maximum atomic E-state index is 10.6. The molecule has 0 bridgehead atoms. The maximum absolute atomic E-state index is 10.6. The number of aliphatic hydroxyl groups is 1. The van der Waals surface area contributed by atoms with E-state index in [1.165, 1.54) is 0 Å². The summed E-state index contributed by atoms with van der Waals surface area (Å²) in [6, 6.07) is -0.321. The zero-order valence-electron chi connectivity index (χ0n) is 10.3. The molecule has 0 aromatic heterocycles. The van der Waals surface area contributed by atoms with E-state index in [-0.39, 0.29) is 24.4 Å². The van der Waals surface area contributed by atoms with Crippen LogP contribution in [0.1, 0.15) is 40.5 Å². The smallest absolute Gasteiger partial charge is 0.160 e. The number of hydrogen-bond acceptors (Lipinski definition) is 5. The Labute approximate surface area is 96.1 Å². The standard InChI is InChI=1S/C11H21NO4/c1-5-8(12-14)10-6-9(7(2)15-10)16-11(3,4)13/h7-10,13H,5-6H2,1-4H3/t7-,8?,9-,10+/m1/s1. The Morgan fingerprint density at radius 2 is 2.25 bits per heavy atom. The lowest BCUT2D eigenvalue weighted by molar-refractivity contribution is -0.212. The van der Waals surface area contributed by atoms with Crippen LogP contribution in [0.15, 0.2) is 5.18 Å². The average molecular weight is 231 g/mol. The van der Waals surface area contributed by atoms with Gasteiger partial charge in [-0.2, -0.15) is 4.91 Å². The topological polar surface area (TPSA) is 68.1 Å². The highest BCUT2D eigenvalue weighted by Crippen LogP contribution is 2.29. The Hall–Kier alpha value is -0.520. The lowest BCUT2D eigenvalue weighted by Gasteiger charge is -2.24. The molecule has 1 saturated heterocycles. The normalized spacial score (nSPS) is 32.7. The number of nitrogens with zero attached hydrogens (tertiary/aromatic N) is 1. The summed E-state index contributed by atoms with van der Waals surface area (Å²) < 4.78 is 11.1. The summed E-state index contributed by atoms with van der Waals surface area (Å²) in [5, 5.41) is 12.6. The Morgan fingerprint density at radius 1 is 1.62 bits per heavy atom. The highest BCUT2D eigenvalue weighted by Gasteiger charge is 2.39. The number of nitroso groups, excluding NO2 is 1. The quantitative estimate of drug-likeness (QED) is 0.579. The first kappa shape index (κ1) is 13.5. The fraction of sp³-hybridized carbons (Fsp3) is 1.00. The van der Waals surface area contributed by atoms with Crippen molar-refractivity contribution in [2.24, 2.45) is 5.18 Å². The molecule has 1 N–H and O–H groups in total. The van der Waals surface area contributed by atoms with Gasteiger partial charge in [-0.25, -0.2) is 0 Å². The first-order valence-electron chi connectivity index (χ1n) is 5.75. The van der Waals surface area contributed by atoms with Gasteiger partial charge in [-0.1, -0.05) is 12.1 Å². The molecular weight excluding hydrogens is 210 g/mol. The van der Waals surface area contributed by atoms with Gasteiger partial charge in [0.1, 0.15) is 6.04 Å². The van der Waals surface area contributed by atoms with Crippen LogP contribution in [0, 0.1) is 4.91 Å². The second-order valence-corrected chi connectivity index (χ2v) is 4.80. The fourth-order valence-corrected chi connectivity index (χ4v) is 2.01. The molecule has 0 amide bonds. The third kappa shape index (κ3) is 3.50. The maximum Gasteiger partial charge on any atom is 0.160 e. The molecule has 0 aromatic rings. The van der Waals surface area contributed by atoms with E-state index in [1.807, 2.05) is 13.8 Å². The molecule has 1 fully saturated rings. The predicted molar refractivity (Wildman–Crippen MR) is 60.0 cm³/mol. The molecular formula is C11H21NO4. The Bertz CT molecular complexity index is 239. The fourth-order valence-electron chi connectivity index (χ4n) is 2.01. The van der Waals surface area contributed by atoms with E-state index >= 15 is 0 Å². The summed E-state index contributed by atoms with van der Waals surface area (Å²) in [7, 11) is 0. The number of ether oxygens (including phenoxy) is 2. The van der Waals surface area contributed by atoms with Gasteiger partial charge in [0.15, 0.2) is 5.79 Å². The lowest BCUT2D eigenvalue weighted by atomic mass is 10.0. The predicted octanol–water partition coefficient (Wildman–Crippen LogP) is 1.82. The van der Waals surface area contributed by atoms with Crippen LogP contribution in [0.3, 0.4) is 0 Å². The second kappa shape index (κ2) is 5.21. The van der Waals surface area contributed by atoms with E-state index in [0.717, 1.165) is 0 Å². The van der Waals surface area contributed by atoms with Gasteiger partial charge in [-0.05, 0) is 27.2 Å².